The summed E-state index contributed by atoms with van der Waals surface area (Å²) in [6.45, 7) is 3.84. The van der Waals surface area contributed by atoms with E-state index < -0.39 is 29.7 Å². The van der Waals surface area contributed by atoms with Crippen LogP contribution in [0.25, 0.3) is 5.65 Å². The summed E-state index contributed by atoms with van der Waals surface area (Å²) in [5, 5.41) is 14.9. The van der Waals surface area contributed by atoms with Gasteiger partial charge in [-0.2, -0.15) is 10.2 Å². The molecule has 4 fully saturated rings. The van der Waals surface area contributed by atoms with Gasteiger partial charge in [-0.3, -0.25) is 14.3 Å². The lowest BCUT2D eigenvalue weighted by Crippen LogP contribution is -2.39. The number of aromatic nitrogens is 5. The summed E-state index contributed by atoms with van der Waals surface area (Å²) in [6, 6.07) is 2.52. The van der Waals surface area contributed by atoms with Gasteiger partial charge in [-0.1, -0.05) is 0 Å². The summed E-state index contributed by atoms with van der Waals surface area (Å²) in [5.74, 6) is -7.54. The van der Waals surface area contributed by atoms with Crippen LogP contribution in [0.2, 0.25) is 0 Å². The Balaban J connectivity index is 1.12. The smallest absolute Gasteiger partial charge is 0.270 e. The van der Waals surface area contributed by atoms with Crippen LogP contribution in [-0.4, -0.2) is 48.0 Å². The lowest BCUT2D eigenvalue weighted by Gasteiger charge is -2.34. The number of nitrogens with one attached hydrogen (secondary N) is 2. The lowest BCUT2D eigenvalue weighted by atomic mass is 9.79. The maximum Gasteiger partial charge on any atom is 0.270 e. The highest BCUT2D eigenvalue weighted by Crippen LogP contribution is 2.67. The van der Waals surface area contributed by atoms with Crippen LogP contribution in [-0.2, 0) is 4.79 Å². The van der Waals surface area contributed by atoms with Crippen LogP contribution in [0.3, 0.4) is 0 Å². The van der Waals surface area contributed by atoms with Gasteiger partial charge in [0.1, 0.15) is 5.69 Å². The number of carbonyl (C=O) groups is 2. The average Bonchev–Trinajstić information content (AvgIpc) is 3.54. The first kappa shape index (κ1) is 28.3. The molecule has 0 aromatic carbocycles. The number of fused-ring (bicyclic) bond motifs is 2. The van der Waals surface area contributed by atoms with E-state index in [0.717, 1.165) is 18.4 Å². The minimum atomic E-state index is -2.67. The molecular formula is C30H35F4N7O2. The van der Waals surface area contributed by atoms with Gasteiger partial charge < -0.3 is 10.6 Å². The van der Waals surface area contributed by atoms with Crippen LogP contribution in [0, 0.1) is 29.6 Å². The summed E-state index contributed by atoms with van der Waals surface area (Å²) >= 11 is 0. The van der Waals surface area contributed by atoms with Crippen molar-refractivity contribution in [1.29, 1.82) is 0 Å². The van der Waals surface area contributed by atoms with Crippen molar-refractivity contribution >= 4 is 17.5 Å². The van der Waals surface area contributed by atoms with Crippen molar-refractivity contribution in [3.8, 4) is 0 Å². The minimum absolute atomic E-state index is 0.0422. The van der Waals surface area contributed by atoms with E-state index >= 15 is 0 Å². The zero-order valence-corrected chi connectivity index (χ0v) is 24.0. The molecule has 2 N–H and O–H groups in total. The van der Waals surface area contributed by atoms with E-state index in [0.29, 0.717) is 29.9 Å². The molecule has 1 unspecified atom stereocenters. The molecule has 3 aromatic heterocycles. The Bertz CT molecular complexity index is 1540. The van der Waals surface area contributed by atoms with Gasteiger partial charge in [0.15, 0.2) is 5.65 Å². The molecule has 4 aliphatic carbocycles. The summed E-state index contributed by atoms with van der Waals surface area (Å²) in [5.41, 5.74) is 2.18. The summed E-state index contributed by atoms with van der Waals surface area (Å²) in [4.78, 5) is 30.9. The molecule has 4 saturated carbocycles. The van der Waals surface area contributed by atoms with Crippen molar-refractivity contribution in [1.82, 2.24) is 35.0 Å². The molecule has 3 aromatic rings. The molecular weight excluding hydrogens is 566 g/mol. The largest absolute Gasteiger partial charge is 0.349 e. The number of amides is 2. The number of carbonyl (C=O) groups excluding carboxylic acids is 2. The predicted molar refractivity (Wildman–Crippen MR) is 146 cm³/mol. The Hall–Kier alpha value is -3.51. The molecule has 5 atom stereocenters. The maximum absolute atomic E-state index is 14.1. The Morgan fingerprint density at radius 1 is 1.02 bits per heavy atom. The van der Waals surface area contributed by atoms with E-state index in [2.05, 4.69) is 20.8 Å². The third kappa shape index (κ3) is 5.28. The standard InChI is InChI=1S/C30H35F4N7O2/c1-15(2)41-23(5-6-35-41)28(43)39-27(18-8-20-21(9-18)30(20,33)34)22-14-40-24(37-22)10-19(13-36-40)26(17-3-4-17)38-25(42)7-16-11-29(31,32)12-16/h5-6,10,13-18,20-21,26-27H,3-4,7-9,11-12H2,1-2H3,(H,38,42)(H,39,43)/t18?,20-,21+,26-,27+/m1/s1. The summed E-state index contributed by atoms with van der Waals surface area (Å²) < 4.78 is 57.9. The van der Waals surface area contributed by atoms with E-state index in [4.69, 9.17) is 4.98 Å². The first-order valence-electron chi connectivity index (χ1n) is 15.1. The van der Waals surface area contributed by atoms with E-state index in [1.165, 1.54) is 0 Å². The Labute approximate surface area is 245 Å². The number of hydrogen-bond donors (Lipinski definition) is 2. The van der Waals surface area contributed by atoms with Gasteiger partial charge in [-0.05, 0) is 75.0 Å². The molecule has 0 radical (unpaired) electrons. The number of halogens is 4. The topological polar surface area (TPSA) is 106 Å². The molecule has 7 rings (SSSR count). The molecule has 9 nitrogen and oxygen atoms in total. The molecule has 230 valence electrons. The molecule has 0 bridgehead atoms. The maximum atomic E-state index is 14.1. The zero-order valence-electron chi connectivity index (χ0n) is 24.0. The van der Waals surface area contributed by atoms with Gasteiger partial charge in [0.2, 0.25) is 11.8 Å². The van der Waals surface area contributed by atoms with Crippen molar-refractivity contribution < 1.29 is 27.2 Å². The van der Waals surface area contributed by atoms with E-state index in [9.17, 15) is 27.2 Å². The Kier molecular flexibility index (Phi) is 6.59. The number of rotatable bonds is 10. The average molecular weight is 602 g/mol. The highest BCUT2D eigenvalue weighted by molar-refractivity contribution is 5.92. The molecule has 2 amide bonds. The van der Waals surface area contributed by atoms with Crippen molar-refractivity contribution in [3.63, 3.8) is 0 Å². The number of hydrogen-bond acceptors (Lipinski definition) is 5. The summed E-state index contributed by atoms with van der Waals surface area (Å²) in [7, 11) is 0. The predicted octanol–water partition coefficient (Wildman–Crippen LogP) is 5.27. The first-order valence-corrected chi connectivity index (χ1v) is 15.1. The fraction of sp³-hybridized carbons (Fsp3) is 0.633. The molecule has 4 aliphatic rings. The lowest BCUT2D eigenvalue weighted by molar-refractivity contribution is -0.134. The molecule has 0 spiro atoms. The molecule has 3 heterocycles. The number of nitrogens with zero attached hydrogens (tertiary/aromatic N) is 5. The minimum Gasteiger partial charge on any atom is -0.349 e. The molecule has 0 saturated heterocycles. The van der Waals surface area contributed by atoms with Crippen LogP contribution >= 0.6 is 0 Å². The van der Waals surface area contributed by atoms with Gasteiger partial charge in [-0.15, -0.1) is 0 Å². The van der Waals surface area contributed by atoms with E-state index in [1.807, 2.05) is 19.9 Å². The summed E-state index contributed by atoms with van der Waals surface area (Å²) in [6.07, 6.45) is 6.96. The quantitative estimate of drug-likeness (QED) is 0.308. The second-order valence-electron chi connectivity index (χ2n) is 13.3. The van der Waals surface area contributed by atoms with Crippen LogP contribution in [0.5, 0.6) is 0 Å². The van der Waals surface area contributed by atoms with Gasteiger partial charge in [0.25, 0.3) is 11.8 Å². The second-order valence-corrected chi connectivity index (χ2v) is 13.3. The van der Waals surface area contributed by atoms with E-state index in [-0.39, 0.29) is 60.9 Å². The van der Waals surface area contributed by atoms with Gasteiger partial charge in [0.05, 0.1) is 30.2 Å². The number of imidazole rings is 1. The van der Waals surface area contributed by atoms with Gasteiger partial charge in [-0.25, -0.2) is 27.1 Å². The van der Waals surface area contributed by atoms with Crippen LogP contribution in [0.1, 0.15) is 98.7 Å². The monoisotopic (exact) mass is 601 g/mol. The highest BCUT2D eigenvalue weighted by atomic mass is 19.3. The van der Waals surface area contributed by atoms with Crippen molar-refractivity contribution in [2.45, 2.75) is 88.8 Å². The van der Waals surface area contributed by atoms with Gasteiger partial charge >= 0.3 is 0 Å². The SMILES string of the molecule is CC(C)n1nccc1C(=O)N[C@H](c1cn2ncc([C@H](NC(=O)CC3CC(F)(F)C3)C3CC3)cc2n1)C1C[C@@H]2[C@H](C1)C2(F)F. The van der Waals surface area contributed by atoms with Crippen LogP contribution in [0.15, 0.2) is 30.7 Å². The molecule has 13 heteroatoms. The zero-order chi connectivity index (χ0) is 30.3. The van der Waals surface area contributed by atoms with Crippen LogP contribution < -0.4 is 10.6 Å². The third-order valence-electron chi connectivity index (χ3n) is 9.73. The van der Waals surface area contributed by atoms with Crippen molar-refractivity contribution in [2.75, 3.05) is 0 Å². The highest BCUT2D eigenvalue weighted by Gasteiger charge is 2.72. The van der Waals surface area contributed by atoms with Crippen molar-refractivity contribution in [3.05, 3.63) is 47.7 Å². The Morgan fingerprint density at radius 2 is 1.74 bits per heavy atom. The number of alkyl halides is 4. The fourth-order valence-corrected chi connectivity index (χ4v) is 7.23. The van der Waals surface area contributed by atoms with E-state index in [1.54, 1.807) is 33.9 Å². The second kappa shape index (κ2) is 10.0. The Morgan fingerprint density at radius 3 is 2.40 bits per heavy atom. The fourth-order valence-electron chi connectivity index (χ4n) is 7.23. The van der Waals surface area contributed by atoms with Crippen LogP contribution in [0.4, 0.5) is 17.6 Å². The molecule has 0 aliphatic heterocycles. The molecule has 43 heavy (non-hydrogen) atoms. The van der Waals surface area contributed by atoms with Gasteiger partial charge in [0, 0.05) is 43.3 Å². The first-order chi connectivity index (χ1) is 20.4. The van der Waals surface area contributed by atoms with Crippen molar-refractivity contribution in [2.24, 2.45) is 29.6 Å². The normalized spacial score (nSPS) is 27.0. The third-order valence-corrected chi connectivity index (χ3v) is 9.73.